The molecule has 3 N–H and O–H groups in total. The monoisotopic (exact) mass is 286 g/mol. The van der Waals surface area contributed by atoms with Gasteiger partial charge in [0, 0.05) is 17.5 Å². The highest BCUT2D eigenvalue weighted by Gasteiger charge is 2.21. The number of anilines is 1. The summed E-state index contributed by atoms with van der Waals surface area (Å²) in [6.07, 6.45) is 0. The Hall–Kier alpha value is -2.34. The van der Waals surface area contributed by atoms with Crippen LogP contribution in [-0.4, -0.2) is 41.8 Å². The van der Waals surface area contributed by atoms with Gasteiger partial charge >= 0.3 is 0 Å². The third-order valence-electron chi connectivity index (χ3n) is 3.75. The molecule has 0 amide bonds. The lowest BCUT2D eigenvalue weighted by Crippen LogP contribution is -2.44. The molecule has 6 nitrogen and oxygen atoms in total. The topological polar surface area (TPSA) is 84.0 Å². The fraction of sp³-hybridized carbons (Fsp3) is 0.333. The van der Waals surface area contributed by atoms with E-state index in [1.807, 2.05) is 30.3 Å². The molecular weight excluding hydrogens is 268 g/mol. The zero-order chi connectivity index (χ0) is 14.8. The van der Waals surface area contributed by atoms with Gasteiger partial charge in [0.25, 0.3) is 0 Å². The standard InChI is InChI=1S/C15H18N4O2/c1-10-9-21-7-6-19(10)14-8-12(15(16)18-20)11-4-2-3-5-13(11)17-14/h2-5,8,10,20H,6-7,9H2,1H3,(H2,16,18). The number of hydrogen-bond donors (Lipinski definition) is 2. The molecule has 1 unspecified atom stereocenters. The number of hydrogen-bond acceptors (Lipinski definition) is 5. The lowest BCUT2D eigenvalue weighted by Gasteiger charge is -2.34. The molecule has 1 aromatic heterocycles. The Morgan fingerprint density at radius 3 is 3.05 bits per heavy atom. The van der Waals surface area contributed by atoms with Gasteiger partial charge in [-0.15, -0.1) is 0 Å². The summed E-state index contributed by atoms with van der Waals surface area (Å²) in [6, 6.07) is 9.81. The number of morpholine rings is 1. The quantitative estimate of drug-likeness (QED) is 0.379. The first-order valence-electron chi connectivity index (χ1n) is 6.93. The van der Waals surface area contributed by atoms with Gasteiger partial charge < -0.3 is 20.6 Å². The second kappa shape index (κ2) is 5.57. The zero-order valence-electron chi connectivity index (χ0n) is 11.9. The molecule has 0 saturated carbocycles. The van der Waals surface area contributed by atoms with Crippen LogP contribution in [0.2, 0.25) is 0 Å². The Morgan fingerprint density at radius 1 is 1.48 bits per heavy atom. The second-order valence-corrected chi connectivity index (χ2v) is 5.15. The van der Waals surface area contributed by atoms with Crippen molar-refractivity contribution in [2.24, 2.45) is 10.9 Å². The van der Waals surface area contributed by atoms with E-state index in [0.29, 0.717) is 18.8 Å². The Kier molecular flexibility index (Phi) is 3.62. The van der Waals surface area contributed by atoms with Crippen LogP contribution in [0, 0.1) is 0 Å². The van der Waals surface area contributed by atoms with Crippen molar-refractivity contribution in [2.45, 2.75) is 13.0 Å². The number of fused-ring (bicyclic) bond motifs is 1. The first kappa shape index (κ1) is 13.6. The van der Waals surface area contributed by atoms with Gasteiger partial charge in [0.1, 0.15) is 5.82 Å². The van der Waals surface area contributed by atoms with Crippen molar-refractivity contribution in [1.29, 1.82) is 0 Å². The van der Waals surface area contributed by atoms with Crippen LogP contribution in [0.25, 0.3) is 10.9 Å². The first-order valence-corrected chi connectivity index (χ1v) is 6.93. The highest BCUT2D eigenvalue weighted by Crippen LogP contribution is 2.25. The van der Waals surface area contributed by atoms with Gasteiger partial charge in [0.2, 0.25) is 0 Å². The summed E-state index contributed by atoms with van der Waals surface area (Å²) < 4.78 is 5.46. The average molecular weight is 286 g/mol. The van der Waals surface area contributed by atoms with Crippen LogP contribution in [-0.2, 0) is 4.74 Å². The molecule has 1 fully saturated rings. The first-order chi connectivity index (χ1) is 10.2. The maximum Gasteiger partial charge on any atom is 0.170 e. The minimum Gasteiger partial charge on any atom is -0.409 e. The summed E-state index contributed by atoms with van der Waals surface area (Å²) in [7, 11) is 0. The maximum absolute atomic E-state index is 9.01. The van der Waals surface area contributed by atoms with Crippen LogP contribution in [0.3, 0.4) is 0 Å². The number of amidine groups is 1. The van der Waals surface area contributed by atoms with Gasteiger partial charge in [-0.1, -0.05) is 23.4 Å². The van der Waals surface area contributed by atoms with Gasteiger partial charge in [0.05, 0.1) is 24.8 Å². The Labute approximate surface area is 122 Å². The summed E-state index contributed by atoms with van der Waals surface area (Å²) in [5.41, 5.74) is 7.34. The molecule has 1 atom stereocenters. The van der Waals surface area contributed by atoms with Crippen LogP contribution in [0.4, 0.5) is 5.82 Å². The average Bonchev–Trinajstić information content (AvgIpc) is 2.53. The lowest BCUT2D eigenvalue weighted by molar-refractivity contribution is 0.0986. The Bertz CT molecular complexity index is 686. The SMILES string of the molecule is CC1COCCN1c1cc(C(N)=NO)c2ccccc2n1. The van der Waals surface area contributed by atoms with Gasteiger partial charge in [-0.25, -0.2) is 4.98 Å². The van der Waals surface area contributed by atoms with Crippen LogP contribution in [0.15, 0.2) is 35.5 Å². The zero-order valence-corrected chi connectivity index (χ0v) is 11.9. The van der Waals surface area contributed by atoms with Crippen LogP contribution >= 0.6 is 0 Å². The van der Waals surface area contributed by atoms with Crippen LogP contribution in [0.5, 0.6) is 0 Å². The smallest absolute Gasteiger partial charge is 0.170 e. The maximum atomic E-state index is 9.01. The molecular formula is C15H18N4O2. The molecule has 1 aromatic carbocycles. The second-order valence-electron chi connectivity index (χ2n) is 5.15. The van der Waals surface area contributed by atoms with Crippen molar-refractivity contribution in [3.8, 4) is 0 Å². The number of para-hydroxylation sites is 1. The van der Waals surface area contributed by atoms with E-state index in [1.54, 1.807) is 0 Å². The molecule has 1 saturated heterocycles. The van der Waals surface area contributed by atoms with Gasteiger partial charge in [-0.05, 0) is 19.1 Å². The normalized spacial score (nSPS) is 20.0. The van der Waals surface area contributed by atoms with Crippen LogP contribution < -0.4 is 10.6 Å². The highest BCUT2D eigenvalue weighted by atomic mass is 16.5. The van der Waals surface area contributed by atoms with Crippen molar-refractivity contribution in [2.75, 3.05) is 24.7 Å². The van der Waals surface area contributed by atoms with E-state index in [0.717, 1.165) is 23.3 Å². The van der Waals surface area contributed by atoms with Gasteiger partial charge in [-0.3, -0.25) is 0 Å². The van der Waals surface area contributed by atoms with Gasteiger partial charge in [0.15, 0.2) is 5.84 Å². The summed E-state index contributed by atoms with van der Waals surface area (Å²) in [4.78, 5) is 6.89. The largest absolute Gasteiger partial charge is 0.409 e. The number of oxime groups is 1. The predicted molar refractivity (Wildman–Crippen MR) is 81.9 cm³/mol. The summed E-state index contributed by atoms with van der Waals surface area (Å²) in [5, 5.41) is 13.0. The van der Waals surface area contributed by atoms with E-state index in [1.165, 1.54) is 0 Å². The Balaban J connectivity index is 2.15. The molecule has 1 aliphatic rings. The summed E-state index contributed by atoms with van der Waals surface area (Å²) in [6.45, 7) is 4.23. The molecule has 2 heterocycles. The fourth-order valence-electron chi connectivity index (χ4n) is 2.64. The molecule has 0 radical (unpaired) electrons. The molecule has 2 aromatic rings. The third kappa shape index (κ3) is 2.50. The Morgan fingerprint density at radius 2 is 2.29 bits per heavy atom. The minimum absolute atomic E-state index is 0.0933. The summed E-state index contributed by atoms with van der Waals surface area (Å²) in [5.74, 6) is 0.918. The van der Waals surface area contributed by atoms with Crippen molar-refractivity contribution in [1.82, 2.24) is 4.98 Å². The van der Waals surface area contributed by atoms with Crippen molar-refractivity contribution in [3.05, 3.63) is 35.9 Å². The number of ether oxygens (including phenoxy) is 1. The number of aromatic nitrogens is 1. The highest BCUT2D eigenvalue weighted by molar-refractivity contribution is 6.08. The molecule has 1 aliphatic heterocycles. The van der Waals surface area contributed by atoms with Crippen LogP contribution in [0.1, 0.15) is 12.5 Å². The number of benzene rings is 1. The lowest BCUT2D eigenvalue weighted by atomic mass is 10.1. The number of rotatable bonds is 2. The molecule has 3 rings (SSSR count). The van der Waals surface area contributed by atoms with Crippen molar-refractivity contribution in [3.63, 3.8) is 0 Å². The van der Waals surface area contributed by atoms with E-state index in [9.17, 15) is 0 Å². The molecule has 6 heteroatoms. The fourth-order valence-corrected chi connectivity index (χ4v) is 2.64. The van der Waals surface area contributed by atoms with E-state index < -0.39 is 0 Å². The molecule has 21 heavy (non-hydrogen) atoms. The number of nitrogens with zero attached hydrogens (tertiary/aromatic N) is 3. The third-order valence-corrected chi connectivity index (χ3v) is 3.75. The molecule has 0 spiro atoms. The number of pyridine rings is 1. The van der Waals surface area contributed by atoms with E-state index in [-0.39, 0.29) is 11.9 Å². The minimum atomic E-state index is 0.0933. The van der Waals surface area contributed by atoms with Gasteiger partial charge in [-0.2, -0.15) is 0 Å². The van der Waals surface area contributed by atoms with E-state index >= 15 is 0 Å². The molecule has 0 aliphatic carbocycles. The van der Waals surface area contributed by atoms with E-state index in [2.05, 4.69) is 17.0 Å². The summed E-state index contributed by atoms with van der Waals surface area (Å²) >= 11 is 0. The molecule has 110 valence electrons. The number of nitrogens with two attached hydrogens (primary N) is 1. The molecule has 0 bridgehead atoms. The van der Waals surface area contributed by atoms with E-state index in [4.69, 9.17) is 20.7 Å². The van der Waals surface area contributed by atoms with Crippen molar-refractivity contribution < 1.29 is 9.94 Å². The van der Waals surface area contributed by atoms with Crippen molar-refractivity contribution >= 4 is 22.6 Å². The predicted octanol–water partition coefficient (Wildman–Crippen LogP) is 1.55.